The minimum Gasteiger partial charge on any atom is -0.508 e. The van der Waals surface area contributed by atoms with Gasteiger partial charge in [-0.2, -0.15) is 0 Å². The van der Waals surface area contributed by atoms with Gasteiger partial charge in [0.2, 0.25) is 0 Å². The normalized spacial score (nSPS) is 13.2. The average Bonchev–Trinajstić information content (AvgIpc) is 2.17. The third-order valence-electron chi connectivity index (χ3n) is 2.26. The fourth-order valence-corrected chi connectivity index (χ4v) is 1.15. The summed E-state index contributed by atoms with van der Waals surface area (Å²) in [6.07, 6.45) is -0.299. The van der Waals surface area contributed by atoms with E-state index in [4.69, 9.17) is 9.84 Å². The molecule has 0 fully saturated rings. The molecule has 0 bridgehead atoms. The zero-order chi connectivity index (χ0) is 12.3. The molecule has 0 aromatic heterocycles. The van der Waals surface area contributed by atoms with Gasteiger partial charge in [0.15, 0.2) is 0 Å². The number of aromatic hydroxyl groups is 1. The second-order valence-corrected chi connectivity index (χ2v) is 4.89. The molecule has 3 heteroatoms. The lowest BCUT2D eigenvalue weighted by Crippen LogP contribution is -2.24. The summed E-state index contributed by atoms with van der Waals surface area (Å²) in [6, 6.07) is 6.65. The smallest absolute Gasteiger partial charge is 0.311 e. The molecule has 0 radical (unpaired) electrons. The Bertz CT molecular complexity index is 360. The van der Waals surface area contributed by atoms with E-state index in [1.165, 1.54) is 0 Å². The van der Waals surface area contributed by atoms with Gasteiger partial charge in [-0.3, -0.25) is 4.79 Å². The Morgan fingerprint density at radius 3 is 2.19 bits per heavy atom. The third kappa shape index (κ3) is 3.26. The highest BCUT2D eigenvalue weighted by Gasteiger charge is 2.25. The molecule has 1 atom stereocenters. The number of phenols is 1. The molecule has 0 aliphatic heterocycles. The van der Waals surface area contributed by atoms with E-state index in [0.29, 0.717) is 0 Å². The fourth-order valence-electron chi connectivity index (χ4n) is 1.15. The third-order valence-corrected chi connectivity index (χ3v) is 2.26. The SMILES string of the molecule is CC(OC(=O)C(C)(C)C)c1ccc(O)cc1. The van der Waals surface area contributed by atoms with Crippen LogP contribution in [0.25, 0.3) is 0 Å². The van der Waals surface area contributed by atoms with Crippen molar-refractivity contribution in [3.63, 3.8) is 0 Å². The van der Waals surface area contributed by atoms with Gasteiger partial charge in [-0.25, -0.2) is 0 Å². The summed E-state index contributed by atoms with van der Waals surface area (Å²) < 4.78 is 5.32. The average molecular weight is 222 g/mol. The summed E-state index contributed by atoms with van der Waals surface area (Å²) in [5, 5.41) is 9.14. The molecule has 0 heterocycles. The second-order valence-electron chi connectivity index (χ2n) is 4.89. The number of esters is 1. The van der Waals surface area contributed by atoms with E-state index in [1.54, 1.807) is 24.3 Å². The number of carbonyl (C=O) groups excluding carboxylic acids is 1. The van der Waals surface area contributed by atoms with Gasteiger partial charge in [0.05, 0.1) is 5.41 Å². The van der Waals surface area contributed by atoms with E-state index in [-0.39, 0.29) is 17.8 Å². The topological polar surface area (TPSA) is 46.5 Å². The van der Waals surface area contributed by atoms with Gasteiger partial charge in [0, 0.05) is 0 Å². The number of ether oxygens (including phenoxy) is 1. The molecule has 16 heavy (non-hydrogen) atoms. The van der Waals surface area contributed by atoms with Crippen molar-refractivity contribution in [3.05, 3.63) is 29.8 Å². The molecule has 0 saturated heterocycles. The molecule has 0 saturated carbocycles. The van der Waals surface area contributed by atoms with Gasteiger partial charge in [0.25, 0.3) is 0 Å². The van der Waals surface area contributed by atoms with E-state index >= 15 is 0 Å². The molecular weight excluding hydrogens is 204 g/mol. The molecule has 0 spiro atoms. The predicted octanol–water partition coefficient (Wildman–Crippen LogP) is 3.04. The van der Waals surface area contributed by atoms with Crippen molar-refractivity contribution in [2.75, 3.05) is 0 Å². The maximum Gasteiger partial charge on any atom is 0.311 e. The Labute approximate surface area is 96.1 Å². The summed E-state index contributed by atoms with van der Waals surface area (Å²) in [7, 11) is 0. The molecule has 0 amide bonds. The molecule has 1 aromatic carbocycles. The number of phenolic OH excluding ortho intramolecular Hbond substituents is 1. The quantitative estimate of drug-likeness (QED) is 0.782. The van der Waals surface area contributed by atoms with Crippen LogP contribution in [-0.4, -0.2) is 11.1 Å². The zero-order valence-electron chi connectivity index (χ0n) is 10.2. The summed E-state index contributed by atoms with van der Waals surface area (Å²) in [4.78, 5) is 11.6. The summed E-state index contributed by atoms with van der Waals surface area (Å²) in [5.41, 5.74) is 0.376. The first kappa shape index (κ1) is 12.6. The van der Waals surface area contributed by atoms with Crippen LogP contribution in [0.3, 0.4) is 0 Å². The largest absolute Gasteiger partial charge is 0.508 e. The van der Waals surface area contributed by atoms with Crippen LogP contribution in [-0.2, 0) is 9.53 Å². The van der Waals surface area contributed by atoms with E-state index in [9.17, 15) is 4.79 Å². The highest BCUT2D eigenvalue weighted by atomic mass is 16.5. The van der Waals surface area contributed by atoms with Crippen molar-refractivity contribution in [1.82, 2.24) is 0 Å². The van der Waals surface area contributed by atoms with Crippen LogP contribution in [0.5, 0.6) is 5.75 Å². The molecule has 1 unspecified atom stereocenters. The fraction of sp³-hybridized carbons (Fsp3) is 0.462. The Kier molecular flexibility index (Phi) is 3.58. The molecular formula is C13H18O3. The molecule has 1 aromatic rings. The first-order valence-electron chi connectivity index (χ1n) is 5.30. The van der Waals surface area contributed by atoms with Crippen molar-refractivity contribution in [2.24, 2.45) is 5.41 Å². The number of benzene rings is 1. The van der Waals surface area contributed by atoms with Crippen LogP contribution in [0.15, 0.2) is 24.3 Å². The standard InChI is InChI=1S/C13H18O3/c1-9(16-12(15)13(2,3)4)10-5-7-11(14)8-6-10/h5-9,14H,1-4H3. The summed E-state index contributed by atoms with van der Waals surface area (Å²) >= 11 is 0. The highest BCUT2D eigenvalue weighted by Crippen LogP contribution is 2.24. The van der Waals surface area contributed by atoms with Crippen LogP contribution < -0.4 is 0 Å². The summed E-state index contributed by atoms with van der Waals surface area (Å²) in [6.45, 7) is 7.27. The number of hydrogen-bond acceptors (Lipinski definition) is 3. The van der Waals surface area contributed by atoms with Crippen LogP contribution in [0.2, 0.25) is 0 Å². The lowest BCUT2D eigenvalue weighted by Gasteiger charge is -2.21. The van der Waals surface area contributed by atoms with Crippen LogP contribution in [0.1, 0.15) is 39.4 Å². The molecule has 0 aliphatic carbocycles. The van der Waals surface area contributed by atoms with Crippen molar-refractivity contribution < 1.29 is 14.6 Å². The molecule has 88 valence electrons. The first-order chi connectivity index (χ1) is 7.30. The highest BCUT2D eigenvalue weighted by molar-refractivity contribution is 5.75. The number of rotatable bonds is 2. The lowest BCUT2D eigenvalue weighted by atomic mass is 9.97. The van der Waals surface area contributed by atoms with Gasteiger partial charge in [-0.15, -0.1) is 0 Å². The number of carbonyl (C=O) groups is 1. The van der Waals surface area contributed by atoms with E-state index in [1.807, 2.05) is 27.7 Å². The Morgan fingerprint density at radius 2 is 1.75 bits per heavy atom. The van der Waals surface area contributed by atoms with Gasteiger partial charge in [0.1, 0.15) is 11.9 Å². The predicted molar refractivity (Wildman–Crippen MR) is 62.1 cm³/mol. The Hall–Kier alpha value is -1.51. The Balaban J connectivity index is 2.69. The monoisotopic (exact) mass is 222 g/mol. The minimum absolute atomic E-state index is 0.207. The van der Waals surface area contributed by atoms with E-state index < -0.39 is 5.41 Å². The van der Waals surface area contributed by atoms with Crippen LogP contribution in [0.4, 0.5) is 0 Å². The Morgan fingerprint density at radius 1 is 1.25 bits per heavy atom. The van der Waals surface area contributed by atoms with Crippen molar-refractivity contribution >= 4 is 5.97 Å². The van der Waals surface area contributed by atoms with Crippen molar-refractivity contribution in [3.8, 4) is 5.75 Å². The molecule has 1 N–H and O–H groups in total. The summed E-state index contributed by atoms with van der Waals surface area (Å²) in [5.74, 6) is -0.0221. The number of hydrogen-bond donors (Lipinski definition) is 1. The van der Waals surface area contributed by atoms with Gasteiger partial charge in [-0.1, -0.05) is 12.1 Å². The van der Waals surface area contributed by atoms with Crippen LogP contribution >= 0.6 is 0 Å². The van der Waals surface area contributed by atoms with Gasteiger partial charge >= 0.3 is 5.97 Å². The van der Waals surface area contributed by atoms with Crippen LogP contribution in [0, 0.1) is 5.41 Å². The zero-order valence-corrected chi connectivity index (χ0v) is 10.2. The second kappa shape index (κ2) is 4.56. The maximum atomic E-state index is 11.6. The molecule has 1 rings (SSSR count). The first-order valence-corrected chi connectivity index (χ1v) is 5.30. The van der Waals surface area contributed by atoms with Gasteiger partial charge < -0.3 is 9.84 Å². The van der Waals surface area contributed by atoms with E-state index in [0.717, 1.165) is 5.56 Å². The minimum atomic E-state index is -0.495. The lowest BCUT2D eigenvalue weighted by molar-refractivity contribution is -0.158. The van der Waals surface area contributed by atoms with Crippen molar-refractivity contribution in [2.45, 2.75) is 33.8 Å². The van der Waals surface area contributed by atoms with Gasteiger partial charge in [-0.05, 0) is 45.4 Å². The molecule has 0 aliphatic rings. The molecule has 3 nitrogen and oxygen atoms in total. The maximum absolute atomic E-state index is 11.6. The van der Waals surface area contributed by atoms with Crippen molar-refractivity contribution in [1.29, 1.82) is 0 Å². The van der Waals surface area contributed by atoms with E-state index in [2.05, 4.69) is 0 Å².